The molecule has 1 aromatic rings. The van der Waals surface area contributed by atoms with Gasteiger partial charge in [-0.15, -0.1) is 11.3 Å². The number of nitrogens with zero attached hydrogens (tertiary/aromatic N) is 1. The molecule has 0 radical (unpaired) electrons. The summed E-state index contributed by atoms with van der Waals surface area (Å²) in [5.74, 6) is 0.0991. The highest BCUT2D eigenvalue weighted by atomic mass is 32.1. The maximum absolute atomic E-state index is 12.4. The van der Waals surface area contributed by atoms with Crippen LogP contribution in [-0.2, 0) is 6.42 Å². The molecule has 1 aliphatic rings. The first-order chi connectivity index (χ1) is 8.67. The second kappa shape index (κ2) is 5.85. The monoisotopic (exact) mass is 267 g/mol. The summed E-state index contributed by atoms with van der Waals surface area (Å²) in [6, 6.07) is 2.40. The standard InChI is InChI=1S/C14H21NO2S/c1-3-4-11-9-13(18-10(11)2)14(17)15(7-8-16)12-5-6-12/h9,12,16H,3-8H2,1-2H3. The van der Waals surface area contributed by atoms with Crippen molar-refractivity contribution in [3.05, 3.63) is 21.4 Å². The summed E-state index contributed by atoms with van der Waals surface area (Å²) in [6.45, 7) is 4.75. The largest absolute Gasteiger partial charge is 0.395 e. The Morgan fingerprint density at radius 1 is 1.56 bits per heavy atom. The number of carbonyl (C=O) groups excluding carboxylic acids is 1. The van der Waals surface area contributed by atoms with Crippen LogP contribution in [0.3, 0.4) is 0 Å². The fourth-order valence-electron chi connectivity index (χ4n) is 2.23. The quantitative estimate of drug-likeness (QED) is 0.860. The average Bonchev–Trinajstić information content (AvgIpc) is 3.12. The molecule has 4 heteroatoms. The normalized spacial score (nSPS) is 14.8. The van der Waals surface area contributed by atoms with Gasteiger partial charge < -0.3 is 10.0 Å². The van der Waals surface area contributed by atoms with Crippen LogP contribution >= 0.6 is 11.3 Å². The smallest absolute Gasteiger partial charge is 0.264 e. The molecule has 2 rings (SSSR count). The van der Waals surface area contributed by atoms with Crippen LogP contribution in [0.25, 0.3) is 0 Å². The van der Waals surface area contributed by atoms with Crippen molar-refractivity contribution in [3.8, 4) is 0 Å². The predicted molar refractivity (Wildman–Crippen MR) is 74.2 cm³/mol. The second-order valence-electron chi connectivity index (χ2n) is 4.90. The molecule has 18 heavy (non-hydrogen) atoms. The summed E-state index contributed by atoms with van der Waals surface area (Å²) in [7, 11) is 0. The molecule has 1 saturated carbocycles. The fourth-order valence-corrected chi connectivity index (χ4v) is 3.26. The van der Waals surface area contributed by atoms with E-state index in [2.05, 4.69) is 13.8 Å². The molecular formula is C14H21NO2S. The van der Waals surface area contributed by atoms with Crippen LogP contribution in [-0.4, -0.2) is 35.1 Å². The Kier molecular flexibility index (Phi) is 4.40. The van der Waals surface area contributed by atoms with Crippen molar-refractivity contribution in [2.45, 2.75) is 45.6 Å². The number of aliphatic hydroxyl groups is 1. The average molecular weight is 267 g/mol. The van der Waals surface area contributed by atoms with Gasteiger partial charge in [0.25, 0.3) is 5.91 Å². The molecule has 1 fully saturated rings. The molecule has 1 aromatic heterocycles. The molecule has 1 N–H and O–H groups in total. The molecule has 0 aliphatic heterocycles. The summed E-state index contributed by atoms with van der Waals surface area (Å²) in [4.78, 5) is 16.3. The zero-order valence-corrected chi connectivity index (χ0v) is 11.9. The molecule has 0 unspecified atom stereocenters. The van der Waals surface area contributed by atoms with Gasteiger partial charge in [0.15, 0.2) is 0 Å². The van der Waals surface area contributed by atoms with E-state index in [-0.39, 0.29) is 12.5 Å². The van der Waals surface area contributed by atoms with E-state index in [0.717, 1.165) is 30.6 Å². The molecule has 0 saturated heterocycles. The predicted octanol–water partition coefficient (Wildman–Crippen LogP) is 2.61. The van der Waals surface area contributed by atoms with E-state index in [1.807, 2.05) is 11.0 Å². The summed E-state index contributed by atoms with van der Waals surface area (Å²) in [6.07, 6.45) is 4.31. The minimum absolute atomic E-state index is 0.0500. The van der Waals surface area contributed by atoms with Gasteiger partial charge in [-0.2, -0.15) is 0 Å². The van der Waals surface area contributed by atoms with Gasteiger partial charge in [0.1, 0.15) is 0 Å². The van der Waals surface area contributed by atoms with E-state index in [1.165, 1.54) is 10.4 Å². The lowest BCUT2D eigenvalue weighted by Gasteiger charge is -2.20. The SMILES string of the molecule is CCCc1cc(C(=O)N(CCO)C2CC2)sc1C. The Labute approximate surface area is 112 Å². The Morgan fingerprint density at radius 2 is 2.28 bits per heavy atom. The van der Waals surface area contributed by atoms with Crippen LogP contribution in [0.4, 0.5) is 0 Å². The second-order valence-corrected chi connectivity index (χ2v) is 6.15. The third-order valence-corrected chi connectivity index (χ3v) is 4.42. The van der Waals surface area contributed by atoms with Crippen LogP contribution in [0.15, 0.2) is 6.07 Å². The lowest BCUT2D eigenvalue weighted by atomic mass is 10.1. The molecule has 100 valence electrons. The van der Waals surface area contributed by atoms with Crippen molar-refractivity contribution < 1.29 is 9.90 Å². The van der Waals surface area contributed by atoms with Gasteiger partial charge in [-0.05, 0) is 37.8 Å². The maximum atomic E-state index is 12.4. The minimum Gasteiger partial charge on any atom is -0.395 e. The number of thiophene rings is 1. The van der Waals surface area contributed by atoms with E-state index in [1.54, 1.807) is 11.3 Å². The molecule has 0 atom stereocenters. The molecule has 1 amide bonds. The van der Waals surface area contributed by atoms with Gasteiger partial charge in [-0.3, -0.25) is 4.79 Å². The van der Waals surface area contributed by atoms with Crippen LogP contribution in [0, 0.1) is 6.92 Å². The van der Waals surface area contributed by atoms with E-state index in [4.69, 9.17) is 5.11 Å². The van der Waals surface area contributed by atoms with Crippen molar-refractivity contribution in [1.29, 1.82) is 0 Å². The van der Waals surface area contributed by atoms with E-state index in [9.17, 15) is 4.79 Å². The molecule has 0 bridgehead atoms. The Balaban J connectivity index is 2.13. The Bertz CT molecular complexity index is 423. The van der Waals surface area contributed by atoms with Crippen molar-refractivity contribution in [2.75, 3.05) is 13.2 Å². The van der Waals surface area contributed by atoms with Crippen molar-refractivity contribution in [3.63, 3.8) is 0 Å². The van der Waals surface area contributed by atoms with Gasteiger partial charge in [0, 0.05) is 17.5 Å². The molecule has 0 aromatic carbocycles. The first-order valence-corrected chi connectivity index (χ1v) is 7.50. The number of carbonyl (C=O) groups is 1. The summed E-state index contributed by atoms with van der Waals surface area (Å²) >= 11 is 1.59. The van der Waals surface area contributed by atoms with Crippen molar-refractivity contribution in [2.24, 2.45) is 0 Å². The molecule has 1 aliphatic carbocycles. The number of aryl methyl sites for hydroxylation is 2. The van der Waals surface area contributed by atoms with Gasteiger partial charge in [-0.1, -0.05) is 13.3 Å². The highest BCUT2D eigenvalue weighted by molar-refractivity contribution is 7.14. The number of rotatable bonds is 6. The molecule has 1 heterocycles. The van der Waals surface area contributed by atoms with Gasteiger partial charge >= 0.3 is 0 Å². The number of hydrogen-bond acceptors (Lipinski definition) is 3. The topological polar surface area (TPSA) is 40.5 Å². The zero-order valence-electron chi connectivity index (χ0n) is 11.1. The highest BCUT2D eigenvalue weighted by Crippen LogP contribution is 2.30. The number of amides is 1. The zero-order chi connectivity index (χ0) is 13.1. The maximum Gasteiger partial charge on any atom is 0.264 e. The first kappa shape index (κ1) is 13.6. The van der Waals surface area contributed by atoms with Gasteiger partial charge in [0.05, 0.1) is 11.5 Å². The van der Waals surface area contributed by atoms with Crippen LogP contribution in [0.1, 0.15) is 46.3 Å². The van der Waals surface area contributed by atoms with Crippen LogP contribution in [0.2, 0.25) is 0 Å². The Morgan fingerprint density at radius 3 is 2.83 bits per heavy atom. The summed E-state index contributed by atoms with van der Waals surface area (Å²) in [5.41, 5.74) is 1.30. The lowest BCUT2D eigenvalue weighted by molar-refractivity contribution is 0.0712. The minimum atomic E-state index is 0.0500. The molecule has 3 nitrogen and oxygen atoms in total. The van der Waals surface area contributed by atoms with Crippen molar-refractivity contribution in [1.82, 2.24) is 4.90 Å². The van der Waals surface area contributed by atoms with Crippen LogP contribution < -0.4 is 0 Å². The Hall–Kier alpha value is -0.870. The van der Waals surface area contributed by atoms with E-state index >= 15 is 0 Å². The van der Waals surface area contributed by atoms with E-state index < -0.39 is 0 Å². The van der Waals surface area contributed by atoms with Crippen LogP contribution in [0.5, 0.6) is 0 Å². The third-order valence-electron chi connectivity index (χ3n) is 3.34. The molecular weight excluding hydrogens is 246 g/mol. The van der Waals surface area contributed by atoms with E-state index in [0.29, 0.717) is 12.6 Å². The van der Waals surface area contributed by atoms with Crippen molar-refractivity contribution >= 4 is 17.2 Å². The lowest BCUT2D eigenvalue weighted by Crippen LogP contribution is -2.35. The van der Waals surface area contributed by atoms with Gasteiger partial charge in [0.2, 0.25) is 0 Å². The summed E-state index contributed by atoms with van der Waals surface area (Å²) < 4.78 is 0. The fraction of sp³-hybridized carbons (Fsp3) is 0.643. The first-order valence-electron chi connectivity index (χ1n) is 6.68. The third kappa shape index (κ3) is 2.93. The summed E-state index contributed by atoms with van der Waals surface area (Å²) in [5, 5.41) is 9.06. The molecule has 0 spiro atoms. The number of hydrogen-bond donors (Lipinski definition) is 1. The highest BCUT2D eigenvalue weighted by Gasteiger charge is 2.33. The number of aliphatic hydroxyl groups excluding tert-OH is 1. The van der Waals surface area contributed by atoms with Gasteiger partial charge in [-0.25, -0.2) is 0 Å².